The predicted molar refractivity (Wildman–Crippen MR) is 103 cm³/mol. The molecule has 0 aliphatic heterocycles. The summed E-state index contributed by atoms with van der Waals surface area (Å²) in [5.74, 6) is 0.849. The van der Waals surface area contributed by atoms with Gasteiger partial charge in [-0.3, -0.25) is 4.79 Å². The molecule has 6 heteroatoms. The van der Waals surface area contributed by atoms with Crippen molar-refractivity contribution in [3.63, 3.8) is 0 Å². The van der Waals surface area contributed by atoms with Crippen molar-refractivity contribution in [2.75, 3.05) is 20.8 Å². The molecule has 2 aromatic carbocycles. The molecule has 0 bridgehead atoms. The minimum absolute atomic E-state index is 0.149. The van der Waals surface area contributed by atoms with Crippen molar-refractivity contribution in [3.05, 3.63) is 59.7 Å². The Kier molecular flexibility index (Phi) is 5.76. The van der Waals surface area contributed by atoms with Crippen LogP contribution in [0.5, 0.6) is 11.5 Å². The molecule has 2 aromatic rings. The minimum atomic E-state index is -0.543. The highest BCUT2D eigenvalue weighted by atomic mass is 16.5. The highest BCUT2D eigenvalue weighted by Crippen LogP contribution is 2.55. The first-order valence-corrected chi connectivity index (χ1v) is 8.89. The second-order valence-corrected chi connectivity index (χ2v) is 6.29. The monoisotopic (exact) mass is 368 g/mol. The van der Waals surface area contributed by atoms with Gasteiger partial charge < -0.3 is 14.2 Å². The van der Waals surface area contributed by atoms with Gasteiger partial charge in [0, 0.05) is 6.61 Å². The molecule has 3 rings (SSSR count). The molecule has 0 radical (unpaired) electrons. The van der Waals surface area contributed by atoms with Crippen LogP contribution in [0.3, 0.4) is 0 Å². The van der Waals surface area contributed by atoms with E-state index in [1.54, 1.807) is 32.6 Å². The van der Waals surface area contributed by atoms with Gasteiger partial charge in [-0.1, -0.05) is 30.3 Å². The highest BCUT2D eigenvalue weighted by molar-refractivity contribution is 5.86. The van der Waals surface area contributed by atoms with Crippen molar-refractivity contribution < 1.29 is 19.0 Å². The van der Waals surface area contributed by atoms with E-state index in [1.807, 2.05) is 43.3 Å². The lowest BCUT2D eigenvalue weighted by molar-refractivity contribution is -0.124. The lowest BCUT2D eigenvalue weighted by Gasteiger charge is -2.17. The van der Waals surface area contributed by atoms with E-state index in [1.165, 1.54) is 0 Å². The Morgan fingerprint density at radius 3 is 2.59 bits per heavy atom. The van der Waals surface area contributed by atoms with Crippen molar-refractivity contribution in [3.8, 4) is 11.5 Å². The third-order valence-corrected chi connectivity index (χ3v) is 4.69. The number of carbonyl (C=O) groups is 1. The lowest BCUT2D eigenvalue weighted by atomic mass is 10.1. The summed E-state index contributed by atoms with van der Waals surface area (Å²) >= 11 is 0. The average Bonchev–Trinajstić information content (AvgIpc) is 3.44. The van der Waals surface area contributed by atoms with Gasteiger partial charge in [0.25, 0.3) is 0 Å². The molecule has 0 aromatic heterocycles. The van der Waals surface area contributed by atoms with Gasteiger partial charge in [-0.2, -0.15) is 5.10 Å². The van der Waals surface area contributed by atoms with E-state index in [0.717, 1.165) is 11.1 Å². The number of hydrazone groups is 1. The molecular weight excluding hydrogens is 344 g/mol. The number of benzene rings is 2. The Morgan fingerprint density at radius 1 is 1.19 bits per heavy atom. The van der Waals surface area contributed by atoms with E-state index in [9.17, 15) is 4.79 Å². The Morgan fingerprint density at radius 2 is 1.93 bits per heavy atom. The summed E-state index contributed by atoms with van der Waals surface area (Å²) in [6, 6.07) is 15.3. The number of amides is 1. The van der Waals surface area contributed by atoms with E-state index in [2.05, 4.69) is 10.5 Å². The number of carbonyl (C=O) groups excluding carboxylic acids is 1. The fraction of sp³-hybridized carbons (Fsp3) is 0.333. The van der Waals surface area contributed by atoms with Crippen LogP contribution < -0.4 is 14.9 Å². The molecule has 1 fully saturated rings. The van der Waals surface area contributed by atoms with Crippen LogP contribution in [-0.4, -0.2) is 32.9 Å². The normalized spacial score (nSPS) is 21.1. The molecule has 1 saturated carbocycles. The van der Waals surface area contributed by atoms with Crippen molar-refractivity contribution in [1.82, 2.24) is 5.43 Å². The van der Waals surface area contributed by atoms with Crippen molar-refractivity contribution >= 4 is 12.1 Å². The predicted octanol–water partition coefficient (Wildman–Crippen LogP) is 3.11. The summed E-state index contributed by atoms with van der Waals surface area (Å²) in [7, 11) is 3.16. The summed E-state index contributed by atoms with van der Waals surface area (Å²) in [5.41, 5.74) is 3.90. The Balaban J connectivity index is 1.65. The summed E-state index contributed by atoms with van der Waals surface area (Å²) in [6.07, 6.45) is 2.23. The zero-order valence-corrected chi connectivity index (χ0v) is 15.8. The summed E-state index contributed by atoms with van der Waals surface area (Å²) in [4.78, 5) is 12.5. The van der Waals surface area contributed by atoms with Crippen molar-refractivity contribution in [2.45, 2.75) is 18.9 Å². The largest absolute Gasteiger partial charge is 0.493 e. The van der Waals surface area contributed by atoms with Crippen LogP contribution in [0.4, 0.5) is 0 Å². The van der Waals surface area contributed by atoms with Crippen LogP contribution in [0.2, 0.25) is 0 Å². The van der Waals surface area contributed by atoms with Crippen LogP contribution in [-0.2, 0) is 15.1 Å². The summed E-state index contributed by atoms with van der Waals surface area (Å²) < 4.78 is 16.4. The fourth-order valence-corrected chi connectivity index (χ4v) is 3.27. The zero-order valence-electron chi connectivity index (χ0n) is 15.8. The van der Waals surface area contributed by atoms with Gasteiger partial charge in [0.15, 0.2) is 11.5 Å². The maximum Gasteiger partial charge on any atom is 0.246 e. The smallest absolute Gasteiger partial charge is 0.246 e. The molecule has 1 N–H and O–H groups in total. The van der Waals surface area contributed by atoms with Crippen LogP contribution in [0.15, 0.2) is 53.6 Å². The molecule has 2 unspecified atom stereocenters. The van der Waals surface area contributed by atoms with Gasteiger partial charge in [-0.15, -0.1) is 0 Å². The maximum absolute atomic E-state index is 12.5. The fourth-order valence-electron chi connectivity index (χ4n) is 3.27. The standard InChI is InChI=1S/C21H24N2O4/c1-4-27-21(16-8-6-5-7-9-16)13-17(21)20(24)23-22-14-15-10-11-18(25-2)19(12-15)26-3/h5-12,14,17H,4,13H2,1-3H3,(H,23,24). The van der Waals surface area contributed by atoms with Gasteiger partial charge in [0.05, 0.1) is 26.4 Å². The first kappa shape index (κ1) is 18.9. The lowest BCUT2D eigenvalue weighted by Crippen LogP contribution is -2.26. The number of ether oxygens (including phenoxy) is 3. The molecule has 0 spiro atoms. The number of nitrogens with zero attached hydrogens (tertiary/aromatic N) is 1. The molecular formula is C21H24N2O4. The summed E-state index contributed by atoms with van der Waals surface area (Å²) in [6.45, 7) is 2.49. The van der Waals surface area contributed by atoms with Crippen LogP contribution >= 0.6 is 0 Å². The number of hydrogen-bond donors (Lipinski definition) is 1. The second kappa shape index (κ2) is 8.22. The molecule has 0 saturated heterocycles. The van der Waals surface area contributed by atoms with Gasteiger partial charge in [0.1, 0.15) is 5.60 Å². The molecule has 1 aliphatic rings. The van der Waals surface area contributed by atoms with Crippen LogP contribution in [0, 0.1) is 5.92 Å². The van der Waals surface area contributed by atoms with E-state index in [-0.39, 0.29) is 11.8 Å². The molecule has 142 valence electrons. The van der Waals surface area contributed by atoms with E-state index in [4.69, 9.17) is 14.2 Å². The Bertz CT molecular complexity index is 822. The molecule has 1 amide bonds. The van der Waals surface area contributed by atoms with Crippen molar-refractivity contribution in [1.29, 1.82) is 0 Å². The van der Waals surface area contributed by atoms with Gasteiger partial charge in [-0.25, -0.2) is 5.43 Å². The molecule has 6 nitrogen and oxygen atoms in total. The van der Waals surface area contributed by atoms with E-state index < -0.39 is 5.60 Å². The molecule has 1 aliphatic carbocycles. The SMILES string of the molecule is CCOC1(c2ccccc2)CC1C(=O)NN=Cc1ccc(OC)c(OC)c1. The number of nitrogens with one attached hydrogen (secondary N) is 1. The van der Waals surface area contributed by atoms with Crippen LogP contribution in [0.25, 0.3) is 0 Å². The Hall–Kier alpha value is -2.86. The molecule has 2 atom stereocenters. The summed E-state index contributed by atoms with van der Waals surface area (Å²) in [5, 5.41) is 4.08. The Labute approximate surface area is 159 Å². The third kappa shape index (κ3) is 3.95. The van der Waals surface area contributed by atoms with Gasteiger partial charge in [-0.05, 0) is 42.7 Å². The van der Waals surface area contributed by atoms with E-state index in [0.29, 0.717) is 24.5 Å². The second-order valence-electron chi connectivity index (χ2n) is 6.29. The number of hydrogen-bond acceptors (Lipinski definition) is 5. The van der Waals surface area contributed by atoms with Gasteiger partial charge in [0.2, 0.25) is 5.91 Å². The first-order chi connectivity index (χ1) is 13.1. The molecule has 0 heterocycles. The number of methoxy groups -OCH3 is 2. The van der Waals surface area contributed by atoms with E-state index >= 15 is 0 Å². The minimum Gasteiger partial charge on any atom is -0.493 e. The molecule has 27 heavy (non-hydrogen) atoms. The van der Waals surface area contributed by atoms with Gasteiger partial charge >= 0.3 is 0 Å². The first-order valence-electron chi connectivity index (χ1n) is 8.89. The maximum atomic E-state index is 12.5. The quantitative estimate of drug-likeness (QED) is 0.574. The average molecular weight is 368 g/mol. The van der Waals surface area contributed by atoms with Crippen molar-refractivity contribution in [2.24, 2.45) is 11.0 Å². The highest BCUT2D eigenvalue weighted by Gasteiger charge is 2.60. The van der Waals surface area contributed by atoms with Crippen LogP contribution in [0.1, 0.15) is 24.5 Å². The topological polar surface area (TPSA) is 69.2 Å². The third-order valence-electron chi connectivity index (χ3n) is 4.69. The number of rotatable bonds is 8. The zero-order chi connectivity index (χ0) is 19.3.